The third kappa shape index (κ3) is 6.47. The van der Waals surface area contributed by atoms with Gasteiger partial charge in [0.2, 0.25) is 0 Å². The van der Waals surface area contributed by atoms with E-state index in [1.165, 1.54) is 0 Å². The van der Waals surface area contributed by atoms with Crippen molar-refractivity contribution in [2.75, 3.05) is 0 Å². The van der Waals surface area contributed by atoms with Gasteiger partial charge in [-0.15, -0.1) is 0 Å². The molecule has 0 aliphatic heterocycles. The summed E-state index contributed by atoms with van der Waals surface area (Å²) in [5, 5.41) is 14.3. The summed E-state index contributed by atoms with van der Waals surface area (Å²) < 4.78 is 0. The Kier molecular flexibility index (Phi) is 6.15. The quantitative estimate of drug-likeness (QED) is 0.707. The van der Waals surface area contributed by atoms with Crippen LogP contribution in [0.3, 0.4) is 0 Å². The highest BCUT2D eigenvalue weighted by Gasteiger charge is 2.25. The molecule has 0 aliphatic rings. The number of carbonyl (C=O) groups excluding carboxylic acids is 1. The molecule has 5 heteroatoms. The Morgan fingerprint density at radius 1 is 1.11 bits per heavy atom. The number of urea groups is 1. The molecule has 5 nitrogen and oxygen atoms in total. The molecule has 0 aromatic heterocycles. The van der Waals surface area contributed by atoms with Crippen LogP contribution in [-0.2, 0) is 4.79 Å². The first-order chi connectivity index (χ1) is 8.04. The van der Waals surface area contributed by atoms with Crippen LogP contribution in [0.2, 0.25) is 0 Å². The molecular formula is C13H26N2O3. The lowest BCUT2D eigenvalue weighted by Gasteiger charge is -2.28. The number of aliphatic carboxylic acids is 1. The van der Waals surface area contributed by atoms with Crippen molar-refractivity contribution in [3.63, 3.8) is 0 Å². The maximum absolute atomic E-state index is 11.7. The van der Waals surface area contributed by atoms with Gasteiger partial charge in [0.05, 0.1) is 0 Å². The average molecular weight is 258 g/mol. The van der Waals surface area contributed by atoms with E-state index in [4.69, 9.17) is 5.11 Å². The number of carboxylic acids is 1. The first kappa shape index (κ1) is 16.7. The zero-order valence-corrected chi connectivity index (χ0v) is 12.2. The topological polar surface area (TPSA) is 78.4 Å². The van der Waals surface area contributed by atoms with Crippen LogP contribution in [0.5, 0.6) is 0 Å². The molecule has 18 heavy (non-hydrogen) atoms. The van der Waals surface area contributed by atoms with Gasteiger partial charge in [0.25, 0.3) is 0 Å². The van der Waals surface area contributed by atoms with Gasteiger partial charge in [-0.3, -0.25) is 0 Å². The van der Waals surface area contributed by atoms with E-state index in [9.17, 15) is 9.59 Å². The maximum atomic E-state index is 11.7. The molecule has 2 atom stereocenters. The van der Waals surface area contributed by atoms with E-state index in [1.807, 2.05) is 41.5 Å². The third-order valence-corrected chi connectivity index (χ3v) is 2.96. The molecular weight excluding hydrogens is 232 g/mol. The van der Waals surface area contributed by atoms with Gasteiger partial charge in [-0.2, -0.15) is 0 Å². The summed E-state index contributed by atoms with van der Waals surface area (Å²) in [6.45, 7) is 11.8. The normalized spacial score (nSPS) is 15.1. The highest BCUT2D eigenvalue weighted by atomic mass is 16.4. The van der Waals surface area contributed by atoms with Crippen molar-refractivity contribution in [2.45, 2.75) is 60.0 Å². The molecule has 0 aromatic carbocycles. The van der Waals surface area contributed by atoms with Gasteiger partial charge in [-0.05, 0) is 24.7 Å². The predicted molar refractivity (Wildman–Crippen MR) is 71.5 cm³/mol. The minimum Gasteiger partial charge on any atom is -0.480 e. The Labute approximate surface area is 109 Å². The number of nitrogens with one attached hydrogen (secondary N) is 2. The monoisotopic (exact) mass is 258 g/mol. The molecule has 0 saturated carbocycles. The summed E-state index contributed by atoms with van der Waals surface area (Å²) in [5.41, 5.74) is -0.0614. The molecule has 1 unspecified atom stereocenters. The summed E-state index contributed by atoms with van der Waals surface area (Å²) >= 11 is 0. The van der Waals surface area contributed by atoms with Gasteiger partial charge in [0.15, 0.2) is 0 Å². The van der Waals surface area contributed by atoms with E-state index in [2.05, 4.69) is 10.6 Å². The van der Waals surface area contributed by atoms with Crippen molar-refractivity contribution in [3.05, 3.63) is 0 Å². The summed E-state index contributed by atoms with van der Waals surface area (Å²) in [5.74, 6) is -0.784. The molecule has 0 bridgehead atoms. The number of rotatable bonds is 5. The summed E-state index contributed by atoms with van der Waals surface area (Å²) in [7, 11) is 0. The van der Waals surface area contributed by atoms with Crippen molar-refractivity contribution in [1.29, 1.82) is 0 Å². The zero-order chi connectivity index (χ0) is 14.5. The fourth-order valence-corrected chi connectivity index (χ4v) is 1.31. The minimum atomic E-state index is -0.998. The van der Waals surface area contributed by atoms with Gasteiger partial charge >= 0.3 is 12.0 Å². The van der Waals surface area contributed by atoms with E-state index in [-0.39, 0.29) is 17.4 Å². The highest BCUT2D eigenvalue weighted by molar-refractivity contribution is 5.82. The highest BCUT2D eigenvalue weighted by Crippen LogP contribution is 2.18. The molecule has 0 aliphatic carbocycles. The second-order valence-electron chi connectivity index (χ2n) is 6.23. The van der Waals surface area contributed by atoms with Crippen LogP contribution in [-0.4, -0.2) is 29.2 Å². The largest absolute Gasteiger partial charge is 0.480 e. The summed E-state index contributed by atoms with van der Waals surface area (Å²) in [6, 6.07) is -1.30. The van der Waals surface area contributed by atoms with Crippen molar-refractivity contribution in [2.24, 2.45) is 11.3 Å². The third-order valence-electron chi connectivity index (χ3n) is 2.96. The van der Waals surface area contributed by atoms with Gasteiger partial charge in [0, 0.05) is 6.04 Å². The van der Waals surface area contributed by atoms with Gasteiger partial charge < -0.3 is 15.7 Å². The fourth-order valence-electron chi connectivity index (χ4n) is 1.31. The molecule has 0 heterocycles. The number of carbonyl (C=O) groups is 2. The second-order valence-corrected chi connectivity index (χ2v) is 6.23. The lowest BCUT2D eigenvalue weighted by atomic mass is 9.88. The number of hydrogen-bond donors (Lipinski definition) is 3. The molecule has 2 amide bonds. The number of carboxylic acid groups (broad SMARTS) is 1. The van der Waals surface area contributed by atoms with Crippen LogP contribution in [0.1, 0.15) is 48.0 Å². The van der Waals surface area contributed by atoms with E-state index < -0.39 is 18.0 Å². The summed E-state index contributed by atoms with van der Waals surface area (Å²) in [4.78, 5) is 22.7. The first-order valence-electron chi connectivity index (χ1n) is 6.34. The lowest BCUT2D eigenvalue weighted by Crippen LogP contribution is -2.51. The average Bonchev–Trinajstić information content (AvgIpc) is 2.13. The van der Waals surface area contributed by atoms with Crippen LogP contribution in [0.25, 0.3) is 0 Å². The molecule has 0 spiro atoms. The fraction of sp³-hybridized carbons (Fsp3) is 0.846. The molecule has 0 radical (unpaired) electrons. The van der Waals surface area contributed by atoms with Crippen LogP contribution >= 0.6 is 0 Å². The lowest BCUT2D eigenvalue weighted by molar-refractivity contribution is -0.139. The maximum Gasteiger partial charge on any atom is 0.326 e. The predicted octanol–water partition coefficient (Wildman–Crippen LogP) is 2.22. The van der Waals surface area contributed by atoms with Gasteiger partial charge in [-0.25, -0.2) is 9.59 Å². The number of hydrogen-bond acceptors (Lipinski definition) is 2. The minimum absolute atomic E-state index is 0.0361. The van der Waals surface area contributed by atoms with E-state index in [0.29, 0.717) is 6.42 Å². The second kappa shape index (κ2) is 6.61. The van der Waals surface area contributed by atoms with Crippen LogP contribution in [0.15, 0.2) is 0 Å². The number of amides is 2. The van der Waals surface area contributed by atoms with E-state index >= 15 is 0 Å². The zero-order valence-electron chi connectivity index (χ0n) is 12.2. The Balaban J connectivity index is 4.39. The SMILES string of the molecule is CC(C)C[C@@H](NC(=O)NC(C)C(C)(C)C)C(=O)O. The van der Waals surface area contributed by atoms with Crippen molar-refractivity contribution in [1.82, 2.24) is 10.6 Å². The van der Waals surface area contributed by atoms with Crippen molar-refractivity contribution < 1.29 is 14.7 Å². The van der Waals surface area contributed by atoms with Crippen LogP contribution in [0.4, 0.5) is 4.79 Å². The van der Waals surface area contributed by atoms with E-state index in [0.717, 1.165) is 0 Å². The molecule has 0 fully saturated rings. The molecule has 0 rings (SSSR count). The molecule has 0 saturated heterocycles. The molecule has 0 aromatic rings. The standard InChI is InChI=1S/C13H26N2O3/c1-8(2)7-10(11(16)17)15-12(18)14-9(3)13(4,5)6/h8-10H,7H2,1-6H3,(H,16,17)(H2,14,15,18)/t9?,10-/m1/s1. The summed E-state index contributed by atoms with van der Waals surface area (Å²) in [6.07, 6.45) is 0.423. The smallest absolute Gasteiger partial charge is 0.326 e. The van der Waals surface area contributed by atoms with Crippen molar-refractivity contribution in [3.8, 4) is 0 Å². The first-order valence-corrected chi connectivity index (χ1v) is 6.34. The Hall–Kier alpha value is -1.26. The molecule has 106 valence electrons. The Morgan fingerprint density at radius 3 is 1.94 bits per heavy atom. The Bertz CT molecular complexity index is 295. The van der Waals surface area contributed by atoms with Crippen LogP contribution in [0, 0.1) is 11.3 Å². The van der Waals surface area contributed by atoms with E-state index in [1.54, 1.807) is 0 Å². The Morgan fingerprint density at radius 2 is 1.61 bits per heavy atom. The molecule has 3 N–H and O–H groups in total. The van der Waals surface area contributed by atoms with Crippen molar-refractivity contribution >= 4 is 12.0 Å². The van der Waals surface area contributed by atoms with Gasteiger partial charge in [0.1, 0.15) is 6.04 Å². The van der Waals surface area contributed by atoms with Gasteiger partial charge in [-0.1, -0.05) is 34.6 Å². The van der Waals surface area contributed by atoms with Crippen LogP contribution < -0.4 is 10.6 Å².